The van der Waals surface area contributed by atoms with E-state index in [2.05, 4.69) is 53.7 Å². The highest BCUT2D eigenvalue weighted by Gasteiger charge is 2.37. The van der Waals surface area contributed by atoms with Crippen LogP contribution in [-0.2, 0) is 28.8 Å². The van der Waals surface area contributed by atoms with Gasteiger partial charge in [0, 0.05) is 32.0 Å². The molecule has 6 atom stereocenters. The van der Waals surface area contributed by atoms with Gasteiger partial charge in [-0.15, -0.1) is 0 Å². The number of aliphatic hydroxyl groups excluding tert-OH is 2. The summed E-state index contributed by atoms with van der Waals surface area (Å²) in [5.41, 5.74) is 18.0. The van der Waals surface area contributed by atoms with Gasteiger partial charge in [-0.2, -0.15) is 0 Å². The molecule has 2 aliphatic rings. The monoisotopic (exact) mass is 672 g/mol. The van der Waals surface area contributed by atoms with Crippen molar-refractivity contribution in [1.29, 1.82) is 0 Å². The molecule has 0 radical (unpaired) electrons. The molecule has 8 amide bonds. The van der Waals surface area contributed by atoms with Crippen molar-refractivity contribution >= 4 is 47.4 Å². The highest BCUT2D eigenvalue weighted by molar-refractivity contribution is 6.02. The average Bonchev–Trinajstić information content (AvgIpc) is 3.02. The van der Waals surface area contributed by atoms with Gasteiger partial charge in [0.2, 0.25) is 29.5 Å². The fourth-order valence-corrected chi connectivity index (χ4v) is 4.53. The van der Waals surface area contributed by atoms with Crippen LogP contribution in [0.2, 0.25) is 0 Å². The Bertz CT molecular complexity index is 1240. The van der Waals surface area contributed by atoms with Gasteiger partial charge in [0.1, 0.15) is 35.9 Å². The molecular weight excluding hydrogens is 626 g/mol. The number of quaternary nitrogens is 2. The number of nitrogens with two attached hydrogens (primary N) is 2. The second kappa shape index (κ2) is 18.8. The summed E-state index contributed by atoms with van der Waals surface area (Å²) in [5, 5.41) is 38.5. The van der Waals surface area contributed by atoms with E-state index >= 15 is 0 Å². The Balaban J connectivity index is 2.51. The summed E-state index contributed by atoms with van der Waals surface area (Å²) in [4.78, 5) is 93.2. The van der Waals surface area contributed by atoms with Crippen LogP contribution in [0.3, 0.4) is 0 Å². The zero-order valence-corrected chi connectivity index (χ0v) is 25.7. The smallest absolute Gasteiger partial charge is 0.341 e. The number of hydrogen-bond acceptors (Lipinski definition) is 11. The molecule has 1 saturated heterocycles. The van der Waals surface area contributed by atoms with Gasteiger partial charge in [-0.25, -0.2) is 4.79 Å². The van der Waals surface area contributed by atoms with Crippen molar-refractivity contribution in [3.05, 3.63) is 11.9 Å². The largest absolute Gasteiger partial charge is 0.394 e. The minimum atomic E-state index is -1.73. The quantitative estimate of drug-likeness (QED) is 0.0966. The highest BCUT2D eigenvalue weighted by Crippen LogP contribution is 2.04. The molecule has 21 N–H and O–H groups in total. The maximum absolute atomic E-state index is 13.6. The second-order valence-electron chi connectivity index (χ2n) is 10.8. The van der Waals surface area contributed by atoms with Crippen LogP contribution in [0.1, 0.15) is 25.7 Å². The molecule has 0 aromatic rings. The standard InChI is InChI=1S/C25H43N13O9/c26-4-1-2-11(27)6-17(41)33-13-7-31-23(46)18(12-3-5-30-24(28)37-12)38-20(43)14(8-32-25(29)47)34-21(44)15(9-39)36-22(45)16(10-40)35-19(13)42/h8,11-13,15-16,18,39-40H,1-7,9-10,26-27H2,(H,31,46)(H,33,41)(H,34,44)(H,35,42)(H,36,45)(H,38,43)(H3,28,30,37)(H3,29,32,47)/p+3/b14-8-/t11-,12+,13-,15-,16-,18-/m0/s1. The number of carbonyl (C=O) groups excluding carboxylic acids is 7. The molecule has 0 unspecified atom stereocenters. The Kier molecular flexibility index (Phi) is 15.2. The fourth-order valence-electron chi connectivity index (χ4n) is 4.53. The van der Waals surface area contributed by atoms with Crippen LogP contribution in [0.4, 0.5) is 4.79 Å². The molecule has 0 aliphatic carbocycles. The van der Waals surface area contributed by atoms with Gasteiger partial charge in [-0.1, -0.05) is 0 Å². The van der Waals surface area contributed by atoms with Crippen LogP contribution < -0.4 is 70.5 Å². The summed E-state index contributed by atoms with van der Waals surface area (Å²) < 4.78 is 0. The van der Waals surface area contributed by atoms with E-state index in [0.29, 0.717) is 19.5 Å². The number of hydrogen-bond donors (Lipinski definition) is 15. The molecule has 262 valence electrons. The van der Waals surface area contributed by atoms with Crippen LogP contribution in [0.5, 0.6) is 0 Å². The predicted octanol–water partition coefficient (Wildman–Crippen LogP) is -11.6. The molecule has 2 heterocycles. The number of primary amides is 1. The summed E-state index contributed by atoms with van der Waals surface area (Å²) in [7, 11) is 0. The fraction of sp³-hybridized carbons (Fsp3) is 0.600. The molecule has 0 saturated carbocycles. The van der Waals surface area contributed by atoms with E-state index in [1.165, 1.54) is 0 Å². The molecule has 1 fully saturated rings. The minimum absolute atomic E-state index is 0.0732. The van der Waals surface area contributed by atoms with E-state index in [4.69, 9.17) is 11.5 Å². The van der Waals surface area contributed by atoms with Gasteiger partial charge in [-0.05, 0) is 0 Å². The van der Waals surface area contributed by atoms with E-state index in [-0.39, 0.29) is 24.8 Å². The lowest BCUT2D eigenvalue weighted by atomic mass is 10.0. The second-order valence-corrected chi connectivity index (χ2v) is 10.8. The molecule has 47 heavy (non-hydrogen) atoms. The van der Waals surface area contributed by atoms with Crippen molar-refractivity contribution in [1.82, 2.24) is 42.5 Å². The number of aliphatic hydroxyl groups is 2. The van der Waals surface area contributed by atoms with Gasteiger partial charge in [-0.3, -0.25) is 44.8 Å². The first-order valence-electron chi connectivity index (χ1n) is 14.8. The van der Waals surface area contributed by atoms with Crippen LogP contribution in [0.25, 0.3) is 0 Å². The molecule has 22 nitrogen and oxygen atoms in total. The molecular formula is C25H46N13O9+3. The third-order valence-corrected chi connectivity index (χ3v) is 7.04. The molecule has 22 heteroatoms. The molecule has 0 bridgehead atoms. The molecule has 0 aromatic carbocycles. The lowest BCUT2D eigenvalue weighted by Crippen LogP contribution is -2.84. The number of urea groups is 1. The van der Waals surface area contributed by atoms with Crippen molar-refractivity contribution < 1.29 is 60.2 Å². The van der Waals surface area contributed by atoms with Gasteiger partial charge in [0.25, 0.3) is 5.91 Å². The summed E-state index contributed by atoms with van der Waals surface area (Å²) >= 11 is 0. The average molecular weight is 673 g/mol. The maximum Gasteiger partial charge on any atom is 0.341 e. The summed E-state index contributed by atoms with van der Waals surface area (Å²) in [5.74, 6) is -5.72. The first kappa shape index (κ1) is 38.1. The van der Waals surface area contributed by atoms with Gasteiger partial charge in [0.15, 0.2) is 0 Å². The van der Waals surface area contributed by atoms with Crippen molar-refractivity contribution in [3.63, 3.8) is 0 Å². The van der Waals surface area contributed by atoms with Gasteiger partial charge < -0.3 is 64.6 Å². The first-order valence-corrected chi connectivity index (χ1v) is 14.8. The van der Waals surface area contributed by atoms with Crippen LogP contribution >= 0.6 is 0 Å². The highest BCUT2D eigenvalue weighted by atomic mass is 16.3. The number of carbonyl (C=O) groups is 7. The zero-order valence-electron chi connectivity index (χ0n) is 25.7. The molecule has 2 aliphatic heterocycles. The van der Waals surface area contributed by atoms with Gasteiger partial charge in [0.05, 0.1) is 38.8 Å². The Labute approximate surface area is 268 Å². The number of nitrogens with one attached hydrogen (secondary N) is 9. The number of guanidine groups is 1. The summed E-state index contributed by atoms with van der Waals surface area (Å²) in [6.45, 7) is -1.56. The van der Waals surface area contributed by atoms with Crippen LogP contribution in [-0.4, -0.2) is 127 Å². The Morgan fingerprint density at radius 1 is 1.00 bits per heavy atom. The third kappa shape index (κ3) is 12.3. The maximum atomic E-state index is 13.6. The lowest BCUT2D eigenvalue weighted by Gasteiger charge is -2.29. The molecule has 2 rings (SSSR count). The lowest BCUT2D eigenvalue weighted by molar-refractivity contribution is -0.467. The van der Waals surface area contributed by atoms with Crippen molar-refractivity contribution in [3.8, 4) is 0 Å². The Morgan fingerprint density at radius 3 is 2.28 bits per heavy atom. The van der Waals surface area contributed by atoms with Crippen molar-refractivity contribution in [2.75, 3.05) is 32.8 Å². The number of amides is 8. The predicted molar refractivity (Wildman–Crippen MR) is 159 cm³/mol. The molecule has 0 aromatic heterocycles. The zero-order chi connectivity index (χ0) is 35.1. The van der Waals surface area contributed by atoms with E-state index in [9.17, 15) is 43.8 Å². The van der Waals surface area contributed by atoms with Crippen LogP contribution in [0.15, 0.2) is 11.9 Å². The van der Waals surface area contributed by atoms with Gasteiger partial charge >= 0.3 is 12.0 Å². The SMILES string of the molecule is NC(=O)N/C=C1\NC(=O)[C@H](CO)NC(=O)[C@H](CO)NC(=O)[C@@H](NC(=O)C[C@@H]([NH3+])CCC[NH3+])CNC(=O)[C@H]([C@H]2CC[NH+]=C(N)N2)NC1=O. The first-order chi connectivity index (χ1) is 22.3. The Hall–Kier alpha value is -5.06. The van der Waals surface area contributed by atoms with Crippen molar-refractivity contribution in [2.24, 2.45) is 11.5 Å². The normalized spacial score (nSPS) is 26.3. The topological polar surface area (TPSA) is 377 Å². The van der Waals surface area contributed by atoms with Crippen LogP contribution in [0, 0.1) is 0 Å². The minimum Gasteiger partial charge on any atom is -0.394 e. The molecule has 0 spiro atoms. The third-order valence-electron chi connectivity index (χ3n) is 7.04. The number of rotatable bonds is 10. The van der Waals surface area contributed by atoms with E-state index in [1.54, 1.807) is 0 Å². The van der Waals surface area contributed by atoms with E-state index in [1.807, 2.05) is 5.32 Å². The van der Waals surface area contributed by atoms with E-state index < -0.39 is 97.1 Å². The Morgan fingerprint density at radius 2 is 1.66 bits per heavy atom. The summed E-state index contributed by atoms with van der Waals surface area (Å²) in [6.07, 6.45) is 2.22. The summed E-state index contributed by atoms with van der Waals surface area (Å²) in [6, 6.07) is -8.56. The van der Waals surface area contributed by atoms with Crippen molar-refractivity contribution in [2.45, 2.75) is 61.9 Å². The van der Waals surface area contributed by atoms with E-state index in [0.717, 1.165) is 12.6 Å².